The van der Waals surface area contributed by atoms with Crippen LogP contribution in [0.3, 0.4) is 0 Å². The van der Waals surface area contributed by atoms with Gasteiger partial charge in [0.05, 0.1) is 0 Å². The van der Waals surface area contributed by atoms with Crippen molar-refractivity contribution >= 4 is 11.3 Å². The average Bonchev–Trinajstić information content (AvgIpc) is 2.76. The minimum atomic E-state index is -0.403. The average molecular weight is 251 g/mol. The van der Waals surface area contributed by atoms with Crippen molar-refractivity contribution in [2.45, 2.75) is 13.0 Å². The van der Waals surface area contributed by atoms with E-state index in [1.165, 1.54) is 11.6 Å². The summed E-state index contributed by atoms with van der Waals surface area (Å²) in [6.45, 7) is 1.41. The highest BCUT2D eigenvalue weighted by Gasteiger charge is 1.99. The summed E-state index contributed by atoms with van der Waals surface area (Å²) < 4.78 is 13.0. The lowest BCUT2D eigenvalue weighted by Crippen LogP contribution is -2.16. The topological polar surface area (TPSA) is 32.3 Å². The molecule has 2 N–H and O–H groups in total. The highest BCUT2D eigenvalue weighted by atomic mass is 32.1. The third-order valence-electron chi connectivity index (χ3n) is 2.44. The Morgan fingerprint density at radius 1 is 1.24 bits per heavy atom. The quantitative estimate of drug-likeness (QED) is 0.801. The van der Waals surface area contributed by atoms with Gasteiger partial charge in [0.2, 0.25) is 0 Å². The Bertz CT molecular complexity index is 450. The molecule has 1 aromatic heterocycles. The normalized spacial score (nSPS) is 10.6. The number of phenolic OH excluding ortho intramolecular Hbond substituents is 1. The van der Waals surface area contributed by atoms with Crippen LogP contribution in [0.5, 0.6) is 5.75 Å². The zero-order valence-corrected chi connectivity index (χ0v) is 10.1. The lowest BCUT2D eigenvalue weighted by molar-refractivity contribution is 0.467. The zero-order valence-electron chi connectivity index (χ0n) is 9.32. The van der Waals surface area contributed by atoms with Crippen molar-refractivity contribution in [3.8, 4) is 5.75 Å². The lowest BCUT2D eigenvalue weighted by atomic mass is 10.2. The Morgan fingerprint density at radius 3 is 2.82 bits per heavy atom. The van der Waals surface area contributed by atoms with Gasteiger partial charge in [0.25, 0.3) is 0 Å². The molecular weight excluding hydrogens is 237 g/mol. The molecule has 2 aromatic rings. The van der Waals surface area contributed by atoms with Crippen molar-refractivity contribution in [3.63, 3.8) is 0 Å². The molecule has 0 radical (unpaired) electrons. The summed E-state index contributed by atoms with van der Waals surface area (Å²) in [5, 5.41) is 16.6. The molecule has 0 aliphatic rings. The molecule has 0 saturated heterocycles. The number of hydrogen-bond acceptors (Lipinski definition) is 3. The number of thiophene rings is 1. The second-order valence-corrected chi connectivity index (χ2v) is 4.66. The monoisotopic (exact) mass is 251 g/mol. The largest absolute Gasteiger partial charge is 0.508 e. The van der Waals surface area contributed by atoms with Gasteiger partial charge in [-0.2, -0.15) is 11.3 Å². The minimum Gasteiger partial charge on any atom is -0.508 e. The molecule has 0 fully saturated rings. The molecule has 0 saturated carbocycles. The Hall–Kier alpha value is -1.39. The maximum Gasteiger partial charge on any atom is 0.127 e. The second-order valence-electron chi connectivity index (χ2n) is 3.88. The molecule has 0 aliphatic heterocycles. The Kier molecular flexibility index (Phi) is 4.12. The van der Waals surface area contributed by atoms with Crippen LogP contribution in [0.15, 0.2) is 35.0 Å². The summed E-state index contributed by atoms with van der Waals surface area (Å²) in [5.41, 5.74) is 2.07. The number of rotatable bonds is 5. The van der Waals surface area contributed by atoms with E-state index in [2.05, 4.69) is 22.1 Å². The van der Waals surface area contributed by atoms with Gasteiger partial charge < -0.3 is 10.4 Å². The highest BCUT2D eigenvalue weighted by Crippen LogP contribution is 2.14. The number of hydrogen-bond donors (Lipinski definition) is 2. The molecule has 0 unspecified atom stereocenters. The number of phenols is 1. The van der Waals surface area contributed by atoms with Crippen molar-refractivity contribution < 1.29 is 9.50 Å². The van der Waals surface area contributed by atoms with Gasteiger partial charge in [0.15, 0.2) is 0 Å². The summed E-state index contributed by atoms with van der Waals surface area (Å²) in [5.74, 6) is -0.431. The fraction of sp³-hybridized carbons (Fsp3) is 0.231. The molecule has 1 aromatic carbocycles. The smallest absolute Gasteiger partial charge is 0.127 e. The summed E-state index contributed by atoms with van der Waals surface area (Å²) in [6, 6.07) is 6.20. The first-order valence-corrected chi connectivity index (χ1v) is 6.38. The van der Waals surface area contributed by atoms with E-state index in [1.807, 2.05) is 0 Å². The fourth-order valence-corrected chi connectivity index (χ4v) is 2.34. The summed E-state index contributed by atoms with van der Waals surface area (Å²) >= 11 is 1.69. The van der Waals surface area contributed by atoms with E-state index in [0.717, 1.165) is 24.6 Å². The van der Waals surface area contributed by atoms with Crippen molar-refractivity contribution in [1.29, 1.82) is 0 Å². The van der Waals surface area contributed by atoms with Gasteiger partial charge in [-0.25, -0.2) is 4.39 Å². The lowest BCUT2D eigenvalue weighted by Gasteiger charge is -2.05. The SMILES string of the molecule is Oc1cc(F)cc(CNCCc2ccsc2)c1. The van der Waals surface area contributed by atoms with Gasteiger partial charge >= 0.3 is 0 Å². The van der Waals surface area contributed by atoms with Crippen molar-refractivity contribution in [2.24, 2.45) is 0 Å². The van der Waals surface area contributed by atoms with Gasteiger partial charge in [-0.05, 0) is 53.1 Å². The molecule has 4 heteroatoms. The predicted octanol–water partition coefficient (Wildman–Crippen LogP) is 2.93. The van der Waals surface area contributed by atoms with E-state index < -0.39 is 5.82 Å². The first kappa shape index (κ1) is 12.1. The third kappa shape index (κ3) is 3.84. The van der Waals surface area contributed by atoms with Crippen molar-refractivity contribution in [1.82, 2.24) is 5.32 Å². The summed E-state index contributed by atoms with van der Waals surface area (Å²) in [7, 11) is 0. The summed E-state index contributed by atoms with van der Waals surface area (Å²) in [4.78, 5) is 0. The number of nitrogens with one attached hydrogen (secondary N) is 1. The molecule has 0 aliphatic carbocycles. The van der Waals surface area contributed by atoms with Crippen LogP contribution >= 0.6 is 11.3 Å². The molecule has 2 rings (SSSR count). The van der Waals surface area contributed by atoms with E-state index in [1.54, 1.807) is 17.4 Å². The molecule has 2 nitrogen and oxygen atoms in total. The Morgan fingerprint density at radius 2 is 2.12 bits per heavy atom. The molecule has 1 heterocycles. The van der Waals surface area contributed by atoms with Crippen LogP contribution in [0.1, 0.15) is 11.1 Å². The summed E-state index contributed by atoms with van der Waals surface area (Å²) in [6.07, 6.45) is 0.963. The molecule has 0 bridgehead atoms. The van der Waals surface area contributed by atoms with Gasteiger partial charge in [0, 0.05) is 12.6 Å². The Balaban J connectivity index is 1.78. The molecule has 0 spiro atoms. The third-order valence-corrected chi connectivity index (χ3v) is 3.17. The highest BCUT2D eigenvalue weighted by molar-refractivity contribution is 7.07. The molecule has 90 valence electrons. The molecule has 17 heavy (non-hydrogen) atoms. The fourth-order valence-electron chi connectivity index (χ4n) is 1.64. The van der Waals surface area contributed by atoms with Crippen LogP contribution in [0.25, 0.3) is 0 Å². The van der Waals surface area contributed by atoms with Gasteiger partial charge in [-0.1, -0.05) is 0 Å². The standard InChI is InChI=1S/C13H14FNOS/c14-12-5-11(6-13(16)7-12)8-15-3-1-10-2-4-17-9-10/h2,4-7,9,15-16H,1,3,8H2. The van der Waals surface area contributed by atoms with Crippen LogP contribution < -0.4 is 5.32 Å². The number of aromatic hydroxyl groups is 1. The Labute approximate surface area is 104 Å². The minimum absolute atomic E-state index is 0.0281. The molecular formula is C13H14FNOS. The van der Waals surface area contributed by atoms with Crippen molar-refractivity contribution in [2.75, 3.05) is 6.54 Å². The van der Waals surface area contributed by atoms with Crippen LogP contribution in [-0.4, -0.2) is 11.7 Å². The second kappa shape index (κ2) is 5.80. The van der Waals surface area contributed by atoms with Crippen LogP contribution in [-0.2, 0) is 13.0 Å². The van der Waals surface area contributed by atoms with Crippen LogP contribution in [0.4, 0.5) is 4.39 Å². The maximum atomic E-state index is 13.0. The maximum absolute atomic E-state index is 13.0. The van der Waals surface area contributed by atoms with Crippen molar-refractivity contribution in [3.05, 3.63) is 52.0 Å². The number of benzene rings is 1. The molecule has 0 atom stereocenters. The van der Waals surface area contributed by atoms with E-state index in [9.17, 15) is 9.50 Å². The van der Waals surface area contributed by atoms with Crippen LogP contribution in [0.2, 0.25) is 0 Å². The van der Waals surface area contributed by atoms with E-state index in [-0.39, 0.29) is 5.75 Å². The first-order chi connectivity index (χ1) is 8.24. The van der Waals surface area contributed by atoms with Crippen LogP contribution in [0, 0.1) is 5.82 Å². The van der Waals surface area contributed by atoms with E-state index in [0.29, 0.717) is 6.54 Å². The zero-order chi connectivity index (χ0) is 12.1. The number of halogens is 1. The van der Waals surface area contributed by atoms with E-state index in [4.69, 9.17) is 0 Å². The van der Waals surface area contributed by atoms with Gasteiger partial charge in [0.1, 0.15) is 11.6 Å². The first-order valence-electron chi connectivity index (χ1n) is 5.44. The van der Waals surface area contributed by atoms with E-state index >= 15 is 0 Å². The van der Waals surface area contributed by atoms with Gasteiger partial charge in [-0.15, -0.1) is 0 Å². The van der Waals surface area contributed by atoms with Gasteiger partial charge in [-0.3, -0.25) is 0 Å². The predicted molar refractivity (Wildman–Crippen MR) is 67.8 cm³/mol. The molecule has 0 amide bonds.